The Labute approximate surface area is 165 Å². The van der Waals surface area contributed by atoms with E-state index in [0.717, 1.165) is 12.3 Å². The first kappa shape index (κ1) is 18.5. The zero-order valence-corrected chi connectivity index (χ0v) is 17.6. The van der Waals surface area contributed by atoms with Crippen LogP contribution in [-0.4, -0.2) is 11.7 Å². The van der Waals surface area contributed by atoms with Gasteiger partial charge < -0.3 is 0 Å². The minimum absolute atomic E-state index is 0.0581. The van der Waals surface area contributed by atoms with Crippen LogP contribution >= 0.6 is 16.1 Å². The van der Waals surface area contributed by atoms with Crippen LogP contribution in [0, 0.1) is 40.4 Å². The van der Waals surface area contributed by atoms with Gasteiger partial charge in [0.1, 0.15) is 0 Å². The molecule has 3 saturated carbocycles. The number of nitrogens with one attached hydrogen (secondary N) is 1. The lowest BCUT2D eigenvalue weighted by Crippen LogP contribution is -2.50. The summed E-state index contributed by atoms with van der Waals surface area (Å²) in [5, 5.41) is 0. The van der Waals surface area contributed by atoms with E-state index in [4.69, 9.17) is 0 Å². The van der Waals surface area contributed by atoms with Crippen molar-refractivity contribution in [3.63, 3.8) is 0 Å². The van der Waals surface area contributed by atoms with Gasteiger partial charge in [-0.15, -0.1) is 0 Å². The standard InChI is InChI=1S/C22H30BrNO2/c1-13(20(26)24-23)17-6-7-18-16-5-4-14-12-15(25)8-10-21(14,2)19(16)9-11-22(17,18)3/h8,10,12-13,16-19H,4-7,9,11H2,1-3H3,(H,24,26)/t13?,16-,17+,18-,19-,21-,22+/m0/s1. The highest BCUT2D eigenvalue weighted by molar-refractivity contribution is 9.08. The third-order valence-electron chi connectivity index (χ3n) is 8.74. The Morgan fingerprint density at radius 3 is 2.73 bits per heavy atom. The number of amides is 1. The fourth-order valence-corrected chi connectivity index (χ4v) is 7.69. The van der Waals surface area contributed by atoms with Crippen molar-refractivity contribution < 1.29 is 9.59 Å². The quantitative estimate of drug-likeness (QED) is 0.641. The number of fused-ring (bicyclic) bond motifs is 5. The summed E-state index contributed by atoms with van der Waals surface area (Å²) in [6, 6.07) is 0. The van der Waals surface area contributed by atoms with Crippen LogP contribution < -0.4 is 4.34 Å². The molecule has 0 aromatic rings. The number of halogens is 1. The first-order chi connectivity index (χ1) is 12.3. The van der Waals surface area contributed by atoms with Crippen molar-refractivity contribution in [1.29, 1.82) is 0 Å². The molecule has 0 spiro atoms. The molecule has 4 aliphatic rings. The Morgan fingerprint density at radius 1 is 1.23 bits per heavy atom. The van der Waals surface area contributed by atoms with Gasteiger partial charge in [0.25, 0.3) is 0 Å². The van der Waals surface area contributed by atoms with Gasteiger partial charge in [-0.1, -0.05) is 32.4 Å². The molecule has 1 amide bonds. The van der Waals surface area contributed by atoms with Crippen molar-refractivity contribution in [3.8, 4) is 0 Å². The van der Waals surface area contributed by atoms with Crippen LogP contribution in [0.4, 0.5) is 0 Å². The summed E-state index contributed by atoms with van der Waals surface area (Å²) in [6.45, 7) is 6.91. The average Bonchev–Trinajstić information content (AvgIpc) is 2.98. The lowest BCUT2D eigenvalue weighted by Gasteiger charge is -2.57. The number of ketones is 1. The molecule has 0 aromatic carbocycles. The maximum Gasteiger partial charge on any atom is 0.232 e. The highest BCUT2D eigenvalue weighted by atomic mass is 79.9. The summed E-state index contributed by atoms with van der Waals surface area (Å²) < 4.78 is 2.68. The molecule has 1 N–H and O–H groups in total. The second-order valence-corrected chi connectivity index (χ2v) is 9.98. The Hall–Kier alpha value is -0.900. The normalized spacial score (nSPS) is 45.2. The molecular weight excluding hydrogens is 390 g/mol. The maximum absolute atomic E-state index is 12.3. The molecule has 0 aliphatic heterocycles. The van der Waals surface area contributed by atoms with Crippen LogP contribution in [0.15, 0.2) is 23.8 Å². The number of allylic oxidation sites excluding steroid dienone is 4. The van der Waals surface area contributed by atoms with Gasteiger partial charge in [0.2, 0.25) is 5.91 Å². The van der Waals surface area contributed by atoms with E-state index < -0.39 is 0 Å². The summed E-state index contributed by atoms with van der Waals surface area (Å²) in [6.07, 6.45) is 13.0. The van der Waals surface area contributed by atoms with Gasteiger partial charge in [-0.3, -0.25) is 13.9 Å². The molecule has 4 rings (SSSR count). The van der Waals surface area contributed by atoms with Crippen LogP contribution in [0.3, 0.4) is 0 Å². The Bertz CT molecular complexity index is 698. The van der Waals surface area contributed by atoms with Gasteiger partial charge in [0.15, 0.2) is 5.78 Å². The molecule has 7 atom stereocenters. The molecular formula is C22H30BrNO2. The summed E-state index contributed by atoms with van der Waals surface area (Å²) in [4.78, 5) is 24.1. The molecule has 142 valence electrons. The van der Waals surface area contributed by atoms with Crippen LogP contribution in [0.2, 0.25) is 0 Å². The summed E-state index contributed by atoms with van der Waals surface area (Å²) in [5.74, 6) is 2.88. The molecule has 4 heteroatoms. The molecule has 4 aliphatic carbocycles. The van der Waals surface area contributed by atoms with Gasteiger partial charge in [-0.2, -0.15) is 0 Å². The van der Waals surface area contributed by atoms with E-state index in [1.807, 2.05) is 6.08 Å². The van der Waals surface area contributed by atoms with Crippen molar-refractivity contribution in [2.45, 2.75) is 59.3 Å². The van der Waals surface area contributed by atoms with Gasteiger partial charge in [-0.25, -0.2) is 0 Å². The van der Waals surface area contributed by atoms with E-state index in [9.17, 15) is 9.59 Å². The molecule has 1 unspecified atom stereocenters. The third-order valence-corrected chi connectivity index (χ3v) is 9.13. The molecule has 3 nitrogen and oxygen atoms in total. The van der Waals surface area contributed by atoms with Crippen LogP contribution in [0.25, 0.3) is 0 Å². The second kappa shape index (κ2) is 6.32. The van der Waals surface area contributed by atoms with Gasteiger partial charge >= 0.3 is 0 Å². The number of rotatable bonds is 2. The van der Waals surface area contributed by atoms with E-state index >= 15 is 0 Å². The fourth-order valence-electron chi connectivity index (χ4n) is 7.33. The van der Waals surface area contributed by atoms with E-state index in [2.05, 4.69) is 47.3 Å². The molecule has 0 bridgehead atoms. The first-order valence-corrected chi connectivity index (χ1v) is 11.0. The monoisotopic (exact) mass is 419 g/mol. The predicted molar refractivity (Wildman–Crippen MR) is 106 cm³/mol. The topological polar surface area (TPSA) is 46.2 Å². The molecule has 0 aromatic heterocycles. The smallest absolute Gasteiger partial charge is 0.232 e. The van der Waals surface area contributed by atoms with E-state index in [1.54, 1.807) is 6.08 Å². The van der Waals surface area contributed by atoms with Gasteiger partial charge in [0.05, 0.1) is 0 Å². The third kappa shape index (κ3) is 2.51. The number of carbonyl (C=O) groups is 2. The van der Waals surface area contributed by atoms with Gasteiger partial charge in [0, 0.05) is 27.5 Å². The summed E-state index contributed by atoms with van der Waals surface area (Å²) in [5.41, 5.74) is 1.69. The van der Waals surface area contributed by atoms with Crippen molar-refractivity contribution in [3.05, 3.63) is 23.8 Å². The van der Waals surface area contributed by atoms with Crippen molar-refractivity contribution >= 4 is 27.8 Å². The van der Waals surface area contributed by atoms with Crippen LogP contribution in [-0.2, 0) is 9.59 Å². The predicted octanol–water partition coefficient (Wildman–Crippen LogP) is 4.97. The highest BCUT2D eigenvalue weighted by Crippen LogP contribution is 2.66. The largest absolute Gasteiger partial charge is 0.292 e. The Balaban J connectivity index is 1.62. The maximum atomic E-state index is 12.3. The zero-order chi connectivity index (χ0) is 18.7. The fraction of sp³-hybridized carbons (Fsp3) is 0.727. The molecule has 26 heavy (non-hydrogen) atoms. The zero-order valence-electron chi connectivity index (χ0n) is 16.1. The SMILES string of the molecule is CC(C(=O)NBr)[C@H]1CC[C@H]2[C@@H]3CCC4=CC(=O)C=C[C@]4(C)[C@H]3CC[C@]12C. The number of hydrogen-bond acceptors (Lipinski definition) is 2. The molecule has 0 saturated heterocycles. The van der Waals surface area contributed by atoms with Crippen molar-refractivity contribution in [2.75, 3.05) is 0 Å². The second-order valence-electron chi connectivity index (χ2n) is 9.58. The number of carbonyl (C=O) groups excluding carboxylic acids is 2. The van der Waals surface area contributed by atoms with Crippen molar-refractivity contribution in [1.82, 2.24) is 4.34 Å². The molecule has 3 fully saturated rings. The molecule has 0 heterocycles. The van der Waals surface area contributed by atoms with Crippen LogP contribution in [0.5, 0.6) is 0 Å². The lowest BCUT2D eigenvalue weighted by molar-refractivity contribution is -0.127. The lowest BCUT2D eigenvalue weighted by atomic mass is 9.47. The minimum Gasteiger partial charge on any atom is -0.292 e. The molecule has 0 radical (unpaired) electrons. The van der Waals surface area contributed by atoms with Gasteiger partial charge in [-0.05, 0) is 79.8 Å². The summed E-state index contributed by atoms with van der Waals surface area (Å²) >= 11 is 3.13. The van der Waals surface area contributed by atoms with E-state index in [0.29, 0.717) is 17.8 Å². The highest BCUT2D eigenvalue weighted by Gasteiger charge is 2.59. The first-order valence-electron chi connectivity index (χ1n) is 10.2. The minimum atomic E-state index is 0.0581. The van der Waals surface area contributed by atoms with E-state index in [-0.39, 0.29) is 28.4 Å². The Kier molecular flexibility index (Phi) is 4.49. The van der Waals surface area contributed by atoms with Crippen LogP contribution in [0.1, 0.15) is 59.3 Å². The average molecular weight is 420 g/mol. The van der Waals surface area contributed by atoms with E-state index in [1.165, 1.54) is 37.7 Å². The Morgan fingerprint density at radius 2 is 2.00 bits per heavy atom. The van der Waals surface area contributed by atoms with Crippen molar-refractivity contribution in [2.24, 2.45) is 40.4 Å². The number of hydrogen-bond donors (Lipinski definition) is 1. The summed E-state index contributed by atoms with van der Waals surface area (Å²) in [7, 11) is 0.